The van der Waals surface area contributed by atoms with Crippen LogP contribution in [0.2, 0.25) is 0 Å². The van der Waals surface area contributed by atoms with Gasteiger partial charge in [0.2, 0.25) is 0 Å². The molecule has 1 atom stereocenters. The van der Waals surface area contributed by atoms with Crippen LogP contribution in [0.25, 0.3) is 0 Å². The molecule has 0 rings (SSSR count). The minimum Gasteiger partial charge on any atom is -0.460 e. The third-order valence-corrected chi connectivity index (χ3v) is 1.52. The van der Waals surface area contributed by atoms with Crippen LogP contribution < -0.4 is 0 Å². The van der Waals surface area contributed by atoms with Crippen LogP contribution in [0, 0.1) is 0 Å². The summed E-state index contributed by atoms with van der Waals surface area (Å²) in [6, 6.07) is 0. The van der Waals surface area contributed by atoms with Gasteiger partial charge in [-0.05, 0) is 12.8 Å². The number of esters is 1. The number of halogens is 1. The second-order valence-electron chi connectivity index (χ2n) is 2.44. The third kappa shape index (κ3) is 6.57. The number of ether oxygens (including phenoxy) is 1. The molecule has 0 aromatic heterocycles. The monoisotopic (exact) mass is 208 g/mol. The van der Waals surface area contributed by atoms with E-state index in [9.17, 15) is 4.79 Å². The van der Waals surface area contributed by atoms with Gasteiger partial charge in [0.05, 0.1) is 6.61 Å². The highest BCUT2D eigenvalue weighted by molar-refractivity contribution is 6.19. The quantitative estimate of drug-likeness (QED) is 0.377. The maximum atomic E-state index is 11.0. The van der Waals surface area contributed by atoms with Crippen molar-refractivity contribution in [2.75, 3.05) is 13.2 Å². The topological polar surface area (TPSA) is 66.8 Å². The standard InChI is InChI=1S/C8H13ClO4/c1-6(2-3-7(9)11)8(12)13-5-4-10/h7,10-11H,1-5H2. The molecule has 0 aliphatic rings. The normalized spacial score (nSPS) is 12.2. The molecule has 0 saturated heterocycles. The molecule has 0 amide bonds. The Hall–Kier alpha value is -0.580. The van der Waals surface area contributed by atoms with Crippen LogP contribution >= 0.6 is 11.6 Å². The molecule has 0 aliphatic heterocycles. The van der Waals surface area contributed by atoms with E-state index in [1.54, 1.807) is 0 Å². The first-order chi connectivity index (χ1) is 6.07. The Kier molecular flexibility index (Phi) is 6.58. The van der Waals surface area contributed by atoms with E-state index < -0.39 is 11.5 Å². The first-order valence-corrected chi connectivity index (χ1v) is 4.29. The predicted molar refractivity (Wildman–Crippen MR) is 48.3 cm³/mol. The largest absolute Gasteiger partial charge is 0.460 e. The first kappa shape index (κ1) is 12.4. The lowest BCUT2D eigenvalue weighted by atomic mass is 10.2. The van der Waals surface area contributed by atoms with Gasteiger partial charge in [-0.1, -0.05) is 18.2 Å². The fourth-order valence-corrected chi connectivity index (χ4v) is 0.745. The molecular formula is C8H13ClO4. The average molecular weight is 209 g/mol. The first-order valence-electron chi connectivity index (χ1n) is 3.85. The fourth-order valence-electron chi connectivity index (χ4n) is 0.636. The third-order valence-electron chi connectivity index (χ3n) is 1.30. The number of alkyl halides is 1. The second-order valence-corrected chi connectivity index (χ2v) is 2.94. The van der Waals surface area contributed by atoms with Crippen LogP contribution in [0.15, 0.2) is 12.2 Å². The number of hydrogen-bond donors (Lipinski definition) is 2. The summed E-state index contributed by atoms with van der Waals surface area (Å²) in [5, 5.41) is 17.0. The summed E-state index contributed by atoms with van der Waals surface area (Å²) in [7, 11) is 0. The Balaban J connectivity index is 3.64. The molecule has 2 N–H and O–H groups in total. The van der Waals surface area contributed by atoms with Crippen molar-refractivity contribution in [2.24, 2.45) is 0 Å². The van der Waals surface area contributed by atoms with Crippen molar-refractivity contribution in [3.8, 4) is 0 Å². The van der Waals surface area contributed by atoms with Crippen LogP contribution in [-0.4, -0.2) is 35.0 Å². The van der Waals surface area contributed by atoms with Crippen LogP contribution in [-0.2, 0) is 9.53 Å². The lowest BCUT2D eigenvalue weighted by molar-refractivity contribution is -0.140. The summed E-state index contributed by atoms with van der Waals surface area (Å²) in [6.45, 7) is 3.20. The van der Waals surface area contributed by atoms with Crippen molar-refractivity contribution in [3.63, 3.8) is 0 Å². The minimum absolute atomic E-state index is 0.0404. The Bertz CT molecular complexity index is 179. The zero-order valence-corrected chi connectivity index (χ0v) is 7.96. The lowest BCUT2D eigenvalue weighted by Gasteiger charge is -2.05. The van der Waals surface area contributed by atoms with Gasteiger partial charge in [0, 0.05) is 5.57 Å². The molecule has 0 aromatic carbocycles. The number of rotatable bonds is 6. The Labute approximate surface area is 81.8 Å². The predicted octanol–water partition coefficient (Wildman–Crippen LogP) is 0.416. The van der Waals surface area contributed by atoms with Crippen molar-refractivity contribution >= 4 is 17.6 Å². The highest BCUT2D eigenvalue weighted by Crippen LogP contribution is 2.09. The second kappa shape index (κ2) is 6.88. The van der Waals surface area contributed by atoms with E-state index in [-0.39, 0.29) is 31.6 Å². The number of aliphatic hydroxyl groups excluding tert-OH is 2. The summed E-state index contributed by atoms with van der Waals surface area (Å²) in [5.41, 5.74) is -0.726. The van der Waals surface area contributed by atoms with Gasteiger partial charge in [0.25, 0.3) is 0 Å². The van der Waals surface area contributed by atoms with Gasteiger partial charge in [-0.3, -0.25) is 0 Å². The van der Waals surface area contributed by atoms with Gasteiger partial charge in [0.1, 0.15) is 12.2 Å². The molecule has 0 aromatic rings. The molecule has 0 aliphatic carbocycles. The molecule has 76 valence electrons. The van der Waals surface area contributed by atoms with E-state index >= 15 is 0 Å². The molecule has 0 heterocycles. The highest BCUT2D eigenvalue weighted by Gasteiger charge is 2.09. The van der Waals surface area contributed by atoms with Crippen LogP contribution in [0.1, 0.15) is 12.8 Å². The van der Waals surface area contributed by atoms with Gasteiger partial charge in [0.15, 0.2) is 0 Å². The maximum absolute atomic E-state index is 11.0. The molecule has 0 saturated carbocycles. The molecule has 13 heavy (non-hydrogen) atoms. The molecule has 0 radical (unpaired) electrons. The summed E-state index contributed by atoms with van der Waals surface area (Å²) < 4.78 is 4.57. The van der Waals surface area contributed by atoms with Crippen LogP contribution in [0.4, 0.5) is 0 Å². The van der Waals surface area contributed by atoms with E-state index in [2.05, 4.69) is 11.3 Å². The smallest absolute Gasteiger partial charge is 0.333 e. The Morgan fingerprint density at radius 2 is 2.23 bits per heavy atom. The summed E-state index contributed by atoms with van der Waals surface area (Å²) in [4.78, 5) is 11.0. The van der Waals surface area contributed by atoms with Crippen molar-refractivity contribution < 1.29 is 19.7 Å². The molecule has 5 heteroatoms. The molecule has 4 nitrogen and oxygen atoms in total. The highest BCUT2D eigenvalue weighted by atomic mass is 35.5. The van der Waals surface area contributed by atoms with Crippen LogP contribution in [0.5, 0.6) is 0 Å². The Morgan fingerprint density at radius 1 is 1.62 bits per heavy atom. The van der Waals surface area contributed by atoms with Gasteiger partial charge in [-0.25, -0.2) is 4.79 Å². The molecule has 0 bridgehead atoms. The van der Waals surface area contributed by atoms with Gasteiger partial charge >= 0.3 is 5.97 Å². The number of carbonyl (C=O) groups is 1. The molecule has 1 unspecified atom stereocenters. The maximum Gasteiger partial charge on any atom is 0.333 e. The van der Waals surface area contributed by atoms with E-state index in [0.717, 1.165) is 0 Å². The van der Waals surface area contributed by atoms with Crippen molar-refractivity contribution in [1.82, 2.24) is 0 Å². The zero-order chi connectivity index (χ0) is 10.3. The average Bonchev–Trinajstić information content (AvgIpc) is 2.10. The fraction of sp³-hybridized carbons (Fsp3) is 0.625. The lowest BCUT2D eigenvalue weighted by Crippen LogP contribution is -2.11. The molecule has 0 fully saturated rings. The van der Waals surface area contributed by atoms with E-state index in [1.807, 2.05) is 0 Å². The van der Waals surface area contributed by atoms with E-state index in [4.69, 9.17) is 21.8 Å². The van der Waals surface area contributed by atoms with Crippen molar-refractivity contribution in [3.05, 3.63) is 12.2 Å². The van der Waals surface area contributed by atoms with Gasteiger partial charge < -0.3 is 14.9 Å². The minimum atomic E-state index is -0.970. The summed E-state index contributed by atoms with van der Waals surface area (Å²) >= 11 is 5.25. The van der Waals surface area contributed by atoms with Crippen molar-refractivity contribution in [1.29, 1.82) is 0 Å². The molecular weight excluding hydrogens is 196 g/mol. The SMILES string of the molecule is C=C(CCC(O)Cl)C(=O)OCCO. The van der Waals surface area contributed by atoms with Gasteiger partial charge in [-0.15, -0.1) is 0 Å². The van der Waals surface area contributed by atoms with Gasteiger partial charge in [-0.2, -0.15) is 0 Å². The number of hydrogen-bond acceptors (Lipinski definition) is 4. The van der Waals surface area contributed by atoms with Crippen LogP contribution in [0.3, 0.4) is 0 Å². The zero-order valence-electron chi connectivity index (χ0n) is 7.20. The molecule has 0 spiro atoms. The summed E-state index contributed by atoms with van der Waals surface area (Å²) in [6.07, 6.45) is 0.545. The van der Waals surface area contributed by atoms with E-state index in [0.29, 0.717) is 0 Å². The number of carbonyl (C=O) groups excluding carboxylic acids is 1. The summed E-state index contributed by atoms with van der Waals surface area (Å²) in [5.74, 6) is -0.564. The Morgan fingerprint density at radius 3 is 2.69 bits per heavy atom. The number of aliphatic hydroxyl groups is 2. The van der Waals surface area contributed by atoms with Crippen molar-refractivity contribution in [2.45, 2.75) is 18.4 Å². The van der Waals surface area contributed by atoms with E-state index in [1.165, 1.54) is 0 Å².